The van der Waals surface area contributed by atoms with Gasteiger partial charge < -0.3 is 10.1 Å². The quantitative estimate of drug-likeness (QED) is 0.716. The smallest absolute Gasteiger partial charge is 0.271 e. The molecule has 0 radical (unpaired) electrons. The maximum Gasteiger partial charge on any atom is 0.271 e. The summed E-state index contributed by atoms with van der Waals surface area (Å²) in [6, 6.07) is 14.3. The summed E-state index contributed by atoms with van der Waals surface area (Å²) in [4.78, 5) is 24.8. The van der Waals surface area contributed by atoms with Crippen LogP contribution in [0.2, 0.25) is 0 Å². The maximum atomic E-state index is 12.5. The molecule has 1 N–H and O–H groups in total. The van der Waals surface area contributed by atoms with Gasteiger partial charge in [-0.05, 0) is 69.5 Å². The van der Waals surface area contributed by atoms with Gasteiger partial charge in [-0.3, -0.25) is 9.59 Å². The van der Waals surface area contributed by atoms with Gasteiger partial charge in [0.2, 0.25) is 5.88 Å². The van der Waals surface area contributed by atoms with Gasteiger partial charge in [0.25, 0.3) is 11.5 Å². The van der Waals surface area contributed by atoms with E-state index in [1.165, 1.54) is 16.8 Å². The predicted molar refractivity (Wildman–Crippen MR) is 114 cm³/mol. The summed E-state index contributed by atoms with van der Waals surface area (Å²) in [5.74, 6) is -0.0891. The molecule has 0 bridgehead atoms. The first-order valence-electron chi connectivity index (χ1n) is 9.47. The van der Waals surface area contributed by atoms with E-state index in [0.29, 0.717) is 5.69 Å². The van der Waals surface area contributed by atoms with Crippen LogP contribution in [0.1, 0.15) is 29.2 Å². The first-order valence-corrected chi connectivity index (χ1v) is 9.47. The van der Waals surface area contributed by atoms with Crippen molar-refractivity contribution in [2.75, 3.05) is 5.32 Å². The van der Waals surface area contributed by atoms with Crippen LogP contribution >= 0.6 is 0 Å². The van der Waals surface area contributed by atoms with E-state index in [2.05, 4.69) is 10.4 Å². The van der Waals surface area contributed by atoms with E-state index in [4.69, 9.17) is 4.74 Å². The summed E-state index contributed by atoms with van der Waals surface area (Å²) >= 11 is 0. The molecule has 0 fully saturated rings. The second-order valence-corrected chi connectivity index (χ2v) is 7.26. The highest BCUT2D eigenvalue weighted by atomic mass is 16.5. The molecule has 1 aromatic heterocycles. The predicted octanol–water partition coefficient (Wildman–Crippen LogP) is 3.87. The molecular formula is C23H25N3O3. The van der Waals surface area contributed by atoms with Crippen LogP contribution in [0.3, 0.4) is 0 Å². The van der Waals surface area contributed by atoms with Gasteiger partial charge in [0, 0.05) is 17.8 Å². The van der Waals surface area contributed by atoms with Crippen LogP contribution in [0.25, 0.3) is 5.69 Å². The van der Waals surface area contributed by atoms with Crippen LogP contribution < -0.4 is 15.6 Å². The molecule has 6 nitrogen and oxygen atoms in total. The maximum absolute atomic E-state index is 12.5. The highest BCUT2D eigenvalue weighted by Gasteiger charge is 2.17. The van der Waals surface area contributed by atoms with Gasteiger partial charge in [0.1, 0.15) is 0 Å². The molecule has 0 spiro atoms. The van der Waals surface area contributed by atoms with E-state index in [1.54, 1.807) is 6.92 Å². The van der Waals surface area contributed by atoms with Crippen molar-refractivity contribution >= 4 is 11.6 Å². The Bertz CT molecular complexity index is 1120. The van der Waals surface area contributed by atoms with E-state index in [0.717, 1.165) is 27.9 Å². The Hall–Kier alpha value is -3.41. The molecule has 29 heavy (non-hydrogen) atoms. The molecule has 2 aromatic carbocycles. The van der Waals surface area contributed by atoms with Crippen LogP contribution in [0.4, 0.5) is 5.69 Å². The molecule has 0 aliphatic heterocycles. The van der Waals surface area contributed by atoms with Crippen molar-refractivity contribution in [2.24, 2.45) is 0 Å². The first-order chi connectivity index (χ1) is 13.7. The molecule has 0 aliphatic rings. The Labute approximate surface area is 170 Å². The fourth-order valence-corrected chi connectivity index (χ4v) is 2.92. The van der Waals surface area contributed by atoms with Gasteiger partial charge in [0.05, 0.1) is 5.69 Å². The molecule has 150 valence electrons. The largest absolute Gasteiger partial charge is 0.463 e. The normalized spacial score (nSPS) is 11.8. The number of carbonyl (C=O) groups excluding carboxylic acids is 1. The lowest BCUT2D eigenvalue weighted by Crippen LogP contribution is -2.31. The molecule has 3 rings (SSSR count). The van der Waals surface area contributed by atoms with Crippen LogP contribution in [-0.4, -0.2) is 21.8 Å². The van der Waals surface area contributed by atoms with Crippen LogP contribution in [0.15, 0.2) is 53.3 Å². The standard InChI is InChI=1S/C23H25N3O3/c1-14-6-9-20(17(4)12-14)24-23(28)18(5)29-21-10-11-22(27)26(25-21)19-8-7-15(2)16(3)13-19/h6-13,18H,1-5H3,(H,24,28)/t18-/m1/s1. The van der Waals surface area contributed by atoms with Crippen molar-refractivity contribution < 1.29 is 9.53 Å². The number of nitrogens with zero attached hydrogens (tertiary/aromatic N) is 2. The fourth-order valence-electron chi connectivity index (χ4n) is 2.92. The van der Waals surface area contributed by atoms with E-state index in [1.807, 2.05) is 64.1 Å². The van der Waals surface area contributed by atoms with Crippen LogP contribution in [-0.2, 0) is 4.79 Å². The lowest BCUT2D eigenvalue weighted by Gasteiger charge is -2.16. The van der Waals surface area contributed by atoms with Crippen molar-refractivity contribution in [3.8, 4) is 11.6 Å². The summed E-state index contributed by atoms with van der Waals surface area (Å²) in [5, 5.41) is 7.14. The minimum atomic E-state index is -0.783. The third-order valence-electron chi connectivity index (χ3n) is 4.82. The van der Waals surface area contributed by atoms with Gasteiger partial charge in [-0.25, -0.2) is 0 Å². The van der Waals surface area contributed by atoms with Crippen molar-refractivity contribution in [1.82, 2.24) is 9.78 Å². The van der Waals surface area contributed by atoms with Gasteiger partial charge in [-0.1, -0.05) is 23.8 Å². The summed E-state index contributed by atoms with van der Waals surface area (Å²) in [6.45, 7) is 9.57. The lowest BCUT2D eigenvalue weighted by atomic mass is 10.1. The number of ether oxygens (including phenoxy) is 1. The molecule has 3 aromatic rings. The second kappa shape index (κ2) is 8.31. The Balaban J connectivity index is 1.78. The zero-order valence-corrected chi connectivity index (χ0v) is 17.3. The molecule has 0 unspecified atom stereocenters. The third-order valence-corrected chi connectivity index (χ3v) is 4.82. The zero-order chi connectivity index (χ0) is 21.1. The van der Waals surface area contributed by atoms with E-state index in [9.17, 15) is 9.59 Å². The Kier molecular flexibility index (Phi) is 5.82. The lowest BCUT2D eigenvalue weighted by molar-refractivity contribution is -0.122. The topological polar surface area (TPSA) is 73.2 Å². The number of anilines is 1. The monoisotopic (exact) mass is 391 g/mol. The van der Waals surface area contributed by atoms with Crippen molar-refractivity contribution in [2.45, 2.75) is 40.7 Å². The van der Waals surface area contributed by atoms with E-state index < -0.39 is 6.10 Å². The second-order valence-electron chi connectivity index (χ2n) is 7.26. The molecule has 0 aliphatic carbocycles. The van der Waals surface area contributed by atoms with Gasteiger partial charge >= 0.3 is 0 Å². The number of nitrogens with one attached hydrogen (secondary N) is 1. The molecular weight excluding hydrogens is 366 g/mol. The average molecular weight is 391 g/mol. The molecule has 1 atom stereocenters. The molecule has 1 amide bonds. The number of aryl methyl sites for hydroxylation is 4. The summed E-state index contributed by atoms with van der Waals surface area (Å²) in [5.41, 5.74) is 5.41. The number of amides is 1. The van der Waals surface area contributed by atoms with Crippen molar-refractivity contribution in [1.29, 1.82) is 0 Å². The summed E-state index contributed by atoms with van der Waals surface area (Å²) < 4.78 is 6.97. The number of benzene rings is 2. The molecule has 0 saturated heterocycles. The van der Waals surface area contributed by atoms with Crippen molar-refractivity contribution in [3.63, 3.8) is 0 Å². The SMILES string of the molecule is Cc1ccc(NC(=O)[C@@H](C)Oc2ccc(=O)n(-c3ccc(C)c(C)c3)n2)c(C)c1. The summed E-state index contributed by atoms with van der Waals surface area (Å²) in [7, 11) is 0. The van der Waals surface area contributed by atoms with Gasteiger partial charge in [-0.15, -0.1) is 5.10 Å². The average Bonchev–Trinajstić information content (AvgIpc) is 2.67. The van der Waals surface area contributed by atoms with Crippen LogP contribution in [0.5, 0.6) is 5.88 Å². The third kappa shape index (κ3) is 4.71. The minimum absolute atomic E-state index is 0.200. The number of hydrogen-bond acceptors (Lipinski definition) is 4. The molecule has 6 heteroatoms. The fraction of sp³-hybridized carbons (Fsp3) is 0.261. The minimum Gasteiger partial charge on any atom is -0.463 e. The Morgan fingerprint density at radius 3 is 2.41 bits per heavy atom. The number of carbonyl (C=O) groups is 1. The Morgan fingerprint density at radius 1 is 0.966 bits per heavy atom. The van der Waals surface area contributed by atoms with Gasteiger partial charge in [-0.2, -0.15) is 4.68 Å². The van der Waals surface area contributed by atoms with Gasteiger partial charge in [0.15, 0.2) is 6.10 Å². The highest BCUT2D eigenvalue weighted by Crippen LogP contribution is 2.17. The van der Waals surface area contributed by atoms with Crippen LogP contribution in [0, 0.1) is 27.7 Å². The molecule has 1 heterocycles. The van der Waals surface area contributed by atoms with E-state index in [-0.39, 0.29) is 17.3 Å². The number of aromatic nitrogens is 2. The number of hydrogen-bond donors (Lipinski definition) is 1. The highest BCUT2D eigenvalue weighted by molar-refractivity contribution is 5.94. The summed E-state index contributed by atoms with van der Waals surface area (Å²) in [6.07, 6.45) is -0.783. The van der Waals surface area contributed by atoms with Crippen molar-refractivity contribution in [3.05, 3.63) is 81.1 Å². The zero-order valence-electron chi connectivity index (χ0n) is 17.3. The molecule has 0 saturated carbocycles. The van der Waals surface area contributed by atoms with E-state index >= 15 is 0 Å². The first kappa shape index (κ1) is 20.3. The Morgan fingerprint density at radius 2 is 1.72 bits per heavy atom. The number of rotatable bonds is 5.